The van der Waals surface area contributed by atoms with Crippen LogP contribution in [0, 0.1) is 35.4 Å². The number of nitrogens with zero attached hydrogens (tertiary/aromatic N) is 4. The van der Waals surface area contributed by atoms with Crippen LogP contribution in [0.3, 0.4) is 0 Å². The third-order valence-corrected chi connectivity index (χ3v) is 7.46. The second kappa shape index (κ2) is 14.6. The average molecular weight is 736 g/mol. The summed E-state index contributed by atoms with van der Waals surface area (Å²) in [4.78, 5) is 18.6. The zero-order valence-electron chi connectivity index (χ0n) is 25.4. The molecule has 0 fully saturated rings. The molecule has 0 N–H and O–H groups in total. The molecule has 2 heterocycles. The normalized spacial score (nSPS) is 10.7. The zero-order chi connectivity index (χ0) is 33.0. The summed E-state index contributed by atoms with van der Waals surface area (Å²) in [6.07, 6.45) is 0. The van der Waals surface area contributed by atoms with Crippen LogP contribution < -0.4 is 0 Å². The van der Waals surface area contributed by atoms with Crippen LogP contribution in [0.1, 0.15) is 0 Å². The largest absolute Gasteiger partial charge is 3.00 e. The Hall–Kier alpha value is -5.66. The second-order valence-electron chi connectivity index (χ2n) is 10.7. The molecule has 1 radical (unpaired) electrons. The van der Waals surface area contributed by atoms with Crippen molar-refractivity contribution in [2.24, 2.45) is 0 Å². The van der Waals surface area contributed by atoms with Gasteiger partial charge in [-0.25, -0.2) is 17.6 Å². The zero-order valence-corrected chi connectivity index (χ0v) is 27.1. The average Bonchev–Trinajstić information content (AvgIpc) is 3.12. The topological polar surface area (TPSA) is 51.6 Å². The molecule has 8 aromatic rings. The number of benzene rings is 6. The number of rotatable bonds is 4. The summed E-state index contributed by atoms with van der Waals surface area (Å²) >= 11 is 0. The summed E-state index contributed by atoms with van der Waals surface area (Å²) in [5, 5.41) is 0. The minimum Gasteiger partial charge on any atom is -0.308 e. The van der Waals surface area contributed by atoms with Crippen molar-refractivity contribution in [2.45, 2.75) is 0 Å². The predicted octanol–water partition coefficient (Wildman–Crippen LogP) is 10.1. The minimum atomic E-state index is -0.317. The Bertz CT molecular complexity index is 2030. The Morgan fingerprint density at radius 1 is 0.347 bits per heavy atom. The molecule has 0 spiro atoms. The molecule has 0 bridgehead atoms. The Labute approximate surface area is 292 Å². The van der Waals surface area contributed by atoms with E-state index in [1.807, 2.05) is 24.3 Å². The van der Waals surface area contributed by atoms with Gasteiger partial charge >= 0.3 is 19.5 Å². The van der Waals surface area contributed by atoms with Gasteiger partial charge in [0.05, 0.1) is 22.8 Å². The molecule has 49 heavy (non-hydrogen) atoms. The number of fused-ring (bicyclic) bond motifs is 2. The molecule has 0 aliphatic heterocycles. The van der Waals surface area contributed by atoms with Crippen LogP contribution in [-0.2, 0) is 19.5 Å². The SMILES string of the molecule is Fc1ccc(-c2nc3[c-]cccc3nc2-c2ccc(F)cc2)cc1.Fc1ccc(-c2nc3[c-]cccc3nc2-c2ccc(F)cc2)cc1.[Ru+3]. The first kappa shape index (κ1) is 33.3. The molecule has 6 aromatic carbocycles. The van der Waals surface area contributed by atoms with Crippen molar-refractivity contribution in [3.05, 3.63) is 169 Å². The molecule has 0 saturated carbocycles. The van der Waals surface area contributed by atoms with Gasteiger partial charge in [-0.15, -0.1) is 12.1 Å². The van der Waals surface area contributed by atoms with Gasteiger partial charge in [-0.2, -0.15) is 36.4 Å². The van der Waals surface area contributed by atoms with Gasteiger partial charge in [-0.1, -0.05) is 0 Å². The van der Waals surface area contributed by atoms with Crippen molar-refractivity contribution in [1.82, 2.24) is 19.9 Å². The van der Waals surface area contributed by atoms with E-state index in [-0.39, 0.29) is 42.7 Å². The van der Waals surface area contributed by atoms with E-state index in [4.69, 9.17) is 0 Å². The smallest absolute Gasteiger partial charge is 0.308 e. The molecule has 8 rings (SSSR count). The van der Waals surface area contributed by atoms with E-state index < -0.39 is 0 Å². The van der Waals surface area contributed by atoms with Crippen molar-refractivity contribution < 1.29 is 37.0 Å². The van der Waals surface area contributed by atoms with E-state index in [0.29, 0.717) is 44.8 Å². The van der Waals surface area contributed by atoms with Crippen LogP contribution >= 0.6 is 0 Å². The second-order valence-corrected chi connectivity index (χ2v) is 10.7. The Kier molecular flexibility index (Phi) is 9.93. The van der Waals surface area contributed by atoms with Crippen molar-refractivity contribution in [2.75, 3.05) is 0 Å². The molecule has 0 aliphatic rings. The molecular formula is C40H22F4N4Ru+. The summed E-state index contributed by atoms with van der Waals surface area (Å²) in [6, 6.07) is 41.3. The first-order valence-corrected chi connectivity index (χ1v) is 14.8. The van der Waals surface area contributed by atoms with E-state index in [1.54, 1.807) is 60.7 Å². The van der Waals surface area contributed by atoms with Gasteiger partial charge in [0.25, 0.3) is 0 Å². The van der Waals surface area contributed by atoms with Crippen molar-refractivity contribution in [3.63, 3.8) is 0 Å². The van der Waals surface area contributed by atoms with Crippen LogP contribution in [0.4, 0.5) is 17.6 Å². The molecule has 0 saturated heterocycles. The molecule has 0 amide bonds. The molecule has 0 atom stereocenters. The van der Waals surface area contributed by atoms with E-state index in [0.717, 1.165) is 22.3 Å². The molecule has 0 unspecified atom stereocenters. The van der Waals surface area contributed by atoms with Crippen LogP contribution in [0.15, 0.2) is 133 Å². The fourth-order valence-electron chi connectivity index (χ4n) is 5.11. The summed E-state index contributed by atoms with van der Waals surface area (Å²) in [5.74, 6) is -1.27. The minimum absolute atomic E-state index is 0. The molecule has 0 aliphatic carbocycles. The molecule has 4 nitrogen and oxygen atoms in total. The van der Waals surface area contributed by atoms with E-state index in [9.17, 15) is 17.6 Å². The van der Waals surface area contributed by atoms with Crippen LogP contribution in [0.2, 0.25) is 0 Å². The number of halogens is 4. The van der Waals surface area contributed by atoms with Crippen molar-refractivity contribution in [3.8, 4) is 45.0 Å². The molecule has 9 heteroatoms. The Balaban J connectivity index is 0.000000167. The summed E-state index contributed by atoms with van der Waals surface area (Å²) < 4.78 is 53.0. The van der Waals surface area contributed by atoms with Crippen LogP contribution in [-0.4, -0.2) is 19.9 Å². The van der Waals surface area contributed by atoms with Gasteiger partial charge in [-0.05, 0) is 119 Å². The third kappa shape index (κ3) is 7.42. The number of para-hydroxylation sites is 2. The summed E-state index contributed by atoms with van der Waals surface area (Å²) in [5.41, 5.74) is 8.07. The van der Waals surface area contributed by atoms with Gasteiger partial charge in [-0.3, -0.25) is 9.97 Å². The fourth-order valence-corrected chi connectivity index (χ4v) is 5.11. The maximum absolute atomic E-state index is 13.2. The van der Waals surface area contributed by atoms with E-state index in [2.05, 4.69) is 32.1 Å². The third-order valence-electron chi connectivity index (χ3n) is 7.46. The Morgan fingerprint density at radius 3 is 0.898 bits per heavy atom. The first-order valence-electron chi connectivity index (χ1n) is 14.8. The van der Waals surface area contributed by atoms with Gasteiger partial charge in [0.2, 0.25) is 0 Å². The molecule has 2 aromatic heterocycles. The van der Waals surface area contributed by atoms with Gasteiger partial charge in [0, 0.05) is 22.3 Å². The maximum atomic E-state index is 13.2. The standard InChI is InChI=1S/2C20H11F2N2.Ru/c2*21-15-9-5-13(6-10-15)19-20(14-7-11-16(22)12-8-14)24-18-4-2-1-3-17(18)23-19;/h2*1-3,5-12H;/q2*-1;+3. The number of hydrogen-bond donors (Lipinski definition) is 0. The fraction of sp³-hybridized carbons (Fsp3) is 0. The van der Waals surface area contributed by atoms with Gasteiger partial charge in [0.15, 0.2) is 0 Å². The van der Waals surface area contributed by atoms with Crippen LogP contribution in [0.25, 0.3) is 67.1 Å². The molecular weight excluding hydrogens is 714 g/mol. The Morgan fingerprint density at radius 2 is 0.612 bits per heavy atom. The van der Waals surface area contributed by atoms with Gasteiger partial charge in [0.1, 0.15) is 23.3 Å². The summed E-state index contributed by atoms with van der Waals surface area (Å²) in [6.45, 7) is 0. The van der Waals surface area contributed by atoms with E-state index in [1.165, 1.54) is 48.5 Å². The first-order chi connectivity index (χ1) is 23.4. The number of hydrogen-bond acceptors (Lipinski definition) is 4. The van der Waals surface area contributed by atoms with Crippen LogP contribution in [0.5, 0.6) is 0 Å². The monoisotopic (exact) mass is 736 g/mol. The number of aromatic nitrogens is 4. The quantitative estimate of drug-likeness (QED) is 0.103. The predicted molar refractivity (Wildman–Crippen MR) is 178 cm³/mol. The molecule has 237 valence electrons. The van der Waals surface area contributed by atoms with Crippen molar-refractivity contribution in [1.29, 1.82) is 0 Å². The maximum Gasteiger partial charge on any atom is 3.00 e. The van der Waals surface area contributed by atoms with E-state index >= 15 is 0 Å². The van der Waals surface area contributed by atoms with Gasteiger partial charge < -0.3 is 9.97 Å². The summed E-state index contributed by atoms with van der Waals surface area (Å²) in [7, 11) is 0. The van der Waals surface area contributed by atoms with Crippen molar-refractivity contribution >= 4 is 22.1 Å².